The summed E-state index contributed by atoms with van der Waals surface area (Å²) in [6.07, 6.45) is 3.01. The molecular formula is C20H30N2O2. The van der Waals surface area contributed by atoms with E-state index in [-0.39, 0.29) is 17.7 Å². The molecule has 0 aromatic heterocycles. The van der Waals surface area contributed by atoms with Gasteiger partial charge in [0.25, 0.3) is 0 Å². The zero-order valence-corrected chi connectivity index (χ0v) is 15.4. The Labute approximate surface area is 145 Å². The Morgan fingerprint density at radius 2 is 2.00 bits per heavy atom. The minimum atomic E-state index is -0.438. The fraction of sp³-hybridized carbons (Fsp3) is 0.650. The average Bonchev–Trinajstić information content (AvgIpc) is 2.76. The van der Waals surface area contributed by atoms with Gasteiger partial charge in [-0.3, -0.25) is 9.80 Å². The van der Waals surface area contributed by atoms with Crippen molar-refractivity contribution in [3.8, 4) is 0 Å². The third-order valence-corrected chi connectivity index (χ3v) is 5.30. The lowest BCUT2D eigenvalue weighted by Gasteiger charge is -2.48. The summed E-state index contributed by atoms with van der Waals surface area (Å²) in [4.78, 5) is 17.4. The standard InChI is InChI=1S/C20H30N2O2/c1-5-20-12-11-17(22(20)18(23)24-19(2,3)4)14-21(15-20)13-16-9-7-6-8-10-16/h6-10,17H,5,11-15H2,1-4H3. The highest BCUT2D eigenvalue weighted by atomic mass is 16.6. The van der Waals surface area contributed by atoms with Crippen LogP contribution in [0.2, 0.25) is 0 Å². The molecule has 2 fully saturated rings. The molecule has 0 N–H and O–H groups in total. The maximum absolute atomic E-state index is 12.8. The van der Waals surface area contributed by atoms with Gasteiger partial charge in [-0.1, -0.05) is 37.3 Å². The lowest BCUT2D eigenvalue weighted by molar-refractivity contribution is -0.0361. The third-order valence-electron chi connectivity index (χ3n) is 5.30. The summed E-state index contributed by atoms with van der Waals surface area (Å²) in [5.41, 5.74) is 0.834. The van der Waals surface area contributed by atoms with Gasteiger partial charge in [0, 0.05) is 25.7 Å². The molecule has 2 atom stereocenters. The van der Waals surface area contributed by atoms with Gasteiger partial charge in [-0.25, -0.2) is 4.79 Å². The van der Waals surface area contributed by atoms with Crippen LogP contribution in [0.15, 0.2) is 30.3 Å². The molecule has 2 unspecified atom stereocenters. The van der Waals surface area contributed by atoms with Gasteiger partial charge in [0.2, 0.25) is 0 Å². The molecule has 0 saturated carbocycles. The van der Waals surface area contributed by atoms with Crippen LogP contribution in [0.5, 0.6) is 0 Å². The fourth-order valence-electron chi connectivity index (χ4n) is 4.25. The zero-order chi connectivity index (χ0) is 17.4. The van der Waals surface area contributed by atoms with Crippen LogP contribution < -0.4 is 0 Å². The van der Waals surface area contributed by atoms with Crippen LogP contribution in [0.25, 0.3) is 0 Å². The van der Waals surface area contributed by atoms with Crippen LogP contribution in [0.3, 0.4) is 0 Å². The molecule has 1 aromatic rings. The van der Waals surface area contributed by atoms with E-state index >= 15 is 0 Å². The summed E-state index contributed by atoms with van der Waals surface area (Å²) in [6.45, 7) is 10.9. The number of ether oxygens (including phenoxy) is 1. The monoisotopic (exact) mass is 330 g/mol. The second-order valence-corrected chi connectivity index (χ2v) is 8.28. The third kappa shape index (κ3) is 3.44. The molecule has 2 aliphatic heterocycles. The highest BCUT2D eigenvalue weighted by Crippen LogP contribution is 2.42. The van der Waals surface area contributed by atoms with Crippen LogP contribution in [-0.4, -0.2) is 46.2 Å². The van der Waals surface area contributed by atoms with Gasteiger partial charge in [0.15, 0.2) is 0 Å². The lowest BCUT2D eigenvalue weighted by atomic mass is 9.91. The van der Waals surface area contributed by atoms with E-state index in [4.69, 9.17) is 4.74 Å². The van der Waals surface area contributed by atoms with E-state index in [0.717, 1.165) is 38.9 Å². The summed E-state index contributed by atoms with van der Waals surface area (Å²) in [6, 6.07) is 10.9. The highest BCUT2D eigenvalue weighted by Gasteiger charge is 2.53. The maximum Gasteiger partial charge on any atom is 0.411 e. The van der Waals surface area contributed by atoms with Crippen molar-refractivity contribution in [2.75, 3.05) is 13.1 Å². The van der Waals surface area contributed by atoms with E-state index in [0.29, 0.717) is 0 Å². The number of hydrogen-bond acceptors (Lipinski definition) is 3. The molecule has 4 nitrogen and oxygen atoms in total. The summed E-state index contributed by atoms with van der Waals surface area (Å²) in [7, 11) is 0. The Hall–Kier alpha value is -1.55. The zero-order valence-electron chi connectivity index (χ0n) is 15.4. The molecule has 0 radical (unpaired) electrons. The first kappa shape index (κ1) is 17.3. The molecule has 24 heavy (non-hydrogen) atoms. The van der Waals surface area contributed by atoms with E-state index in [1.807, 2.05) is 20.8 Å². The summed E-state index contributed by atoms with van der Waals surface area (Å²) in [5, 5.41) is 0. The van der Waals surface area contributed by atoms with Gasteiger partial charge in [-0.2, -0.15) is 0 Å². The van der Waals surface area contributed by atoms with Crippen molar-refractivity contribution < 1.29 is 9.53 Å². The second kappa shape index (κ2) is 6.40. The van der Waals surface area contributed by atoms with E-state index in [1.165, 1.54) is 5.56 Å². The number of likely N-dealkylation sites (tertiary alicyclic amines) is 1. The van der Waals surface area contributed by atoms with Crippen molar-refractivity contribution in [3.05, 3.63) is 35.9 Å². The first-order chi connectivity index (χ1) is 11.3. The Balaban J connectivity index is 1.75. The van der Waals surface area contributed by atoms with Crippen LogP contribution in [0.4, 0.5) is 4.79 Å². The van der Waals surface area contributed by atoms with Crippen molar-refractivity contribution in [1.29, 1.82) is 0 Å². The highest BCUT2D eigenvalue weighted by molar-refractivity contribution is 5.70. The molecule has 132 valence electrons. The lowest BCUT2D eigenvalue weighted by Crippen LogP contribution is -2.63. The van der Waals surface area contributed by atoms with Crippen molar-refractivity contribution in [3.63, 3.8) is 0 Å². The molecule has 2 bridgehead atoms. The average molecular weight is 330 g/mol. The van der Waals surface area contributed by atoms with E-state index in [2.05, 4.69) is 47.1 Å². The van der Waals surface area contributed by atoms with Crippen LogP contribution in [-0.2, 0) is 11.3 Å². The first-order valence-electron chi connectivity index (χ1n) is 9.11. The van der Waals surface area contributed by atoms with Gasteiger partial charge in [0.05, 0.1) is 5.54 Å². The predicted molar refractivity (Wildman–Crippen MR) is 95.8 cm³/mol. The molecule has 0 aliphatic carbocycles. The predicted octanol–water partition coefficient (Wildman–Crippen LogP) is 4.05. The summed E-state index contributed by atoms with van der Waals surface area (Å²) >= 11 is 0. The Morgan fingerprint density at radius 1 is 1.29 bits per heavy atom. The number of benzene rings is 1. The second-order valence-electron chi connectivity index (χ2n) is 8.28. The van der Waals surface area contributed by atoms with Crippen molar-refractivity contribution in [1.82, 2.24) is 9.80 Å². The molecule has 1 aromatic carbocycles. The smallest absolute Gasteiger partial charge is 0.411 e. The quantitative estimate of drug-likeness (QED) is 0.838. The first-order valence-corrected chi connectivity index (χ1v) is 9.11. The molecule has 2 aliphatic rings. The van der Waals surface area contributed by atoms with Crippen LogP contribution >= 0.6 is 0 Å². The number of amides is 1. The van der Waals surface area contributed by atoms with Gasteiger partial charge < -0.3 is 4.74 Å². The summed E-state index contributed by atoms with van der Waals surface area (Å²) < 4.78 is 5.71. The largest absolute Gasteiger partial charge is 0.444 e. The molecule has 2 heterocycles. The Morgan fingerprint density at radius 3 is 2.62 bits per heavy atom. The fourth-order valence-corrected chi connectivity index (χ4v) is 4.25. The topological polar surface area (TPSA) is 32.8 Å². The molecule has 0 spiro atoms. The maximum atomic E-state index is 12.8. The number of hydrogen-bond donors (Lipinski definition) is 0. The number of rotatable bonds is 3. The van der Waals surface area contributed by atoms with Gasteiger partial charge in [-0.05, 0) is 45.6 Å². The van der Waals surface area contributed by atoms with Crippen molar-refractivity contribution in [2.24, 2.45) is 0 Å². The van der Waals surface area contributed by atoms with Crippen molar-refractivity contribution in [2.45, 2.75) is 70.7 Å². The Bertz CT molecular complexity index is 581. The Kier molecular flexibility index (Phi) is 4.60. The van der Waals surface area contributed by atoms with E-state index in [1.54, 1.807) is 0 Å². The summed E-state index contributed by atoms with van der Waals surface area (Å²) in [5.74, 6) is 0. The van der Waals surface area contributed by atoms with E-state index in [9.17, 15) is 4.79 Å². The van der Waals surface area contributed by atoms with E-state index < -0.39 is 5.60 Å². The number of fused-ring (bicyclic) bond motifs is 2. The molecular weight excluding hydrogens is 300 g/mol. The van der Waals surface area contributed by atoms with Crippen molar-refractivity contribution >= 4 is 6.09 Å². The molecule has 4 heteroatoms. The van der Waals surface area contributed by atoms with Crippen LogP contribution in [0.1, 0.15) is 52.5 Å². The normalized spacial score (nSPS) is 27.3. The van der Waals surface area contributed by atoms with Gasteiger partial charge >= 0.3 is 6.09 Å². The van der Waals surface area contributed by atoms with Gasteiger partial charge in [0.1, 0.15) is 5.60 Å². The molecule has 1 amide bonds. The minimum Gasteiger partial charge on any atom is -0.444 e. The SMILES string of the molecule is CCC12CCC(CN(Cc3ccccc3)C1)N2C(=O)OC(C)(C)C. The van der Waals surface area contributed by atoms with Gasteiger partial charge in [-0.15, -0.1) is 0 Å². The number of carbonyl (C=O) groups is 1. The number of carbonyl (C=O) groups excluding carboxylic acids is 1. The minimum absolute atomic E-state index is 0.0694. The molecule has 2 saturated heterocycles. The van der Waals surface area contributed by atoms with Crippen LogP contribution in [0, 0.1) is 0 Å². The number of nitrogens with zero attached hydrogens (tertiary/aromatic N) is 2. The molecule has 3 rings (SSSR count). The number of piperazine rings is 1.